The van der Waals surface area contributed by atoms with E-state index in [0.717, 1.165) is 0 Å². The van der Waals surface area contributed by atoms with E-state index in [2.05, 4.69) is 20.9 Å². The zero-order chi connectivity index (χ0) is 5.98. The van der Waals surface area contributed by atoms with Gasteiger partial charge in [0, 0.05) is 0 Å². The molecule has 42 valence electrons. The van der Waals surface area contributed by atoms with Crippen molar-refractivity contribution in [1.82, 2.24) is 25.7 Å². The Kier molecular flexibility index (Phi) is 4.61. The number of rotatable bonds is 0. The minimum Gasteiger partial charge on any atom is -0.527 e. The van der Waals surface area contributed by atoms with Gasteiger partial charge in [-0.15, -0.1) is 0 Å². The quantitative estimate of drug-likeness (QED) is 0.453. The molecular formula is CCsN5O2. The molecule has 0 saturated heterocycles. The smallest absolute Gasteiger partial charge is 0.527 e. The van der Waals surface area contributed by atoms with Crippen LogP contribution in [0.3, 0.4) is 0 Å². The SMILES string of the molecule is O=C([O-])n1nnnn1.[Cs+]. The summed E-state index contributed by atoms with van der Waals surface area (Å²) in [5.41, 5.74) is 0. The normalized spacial score (nSPS) is 8.00. The van der Waals surface area contributed by atoms with Crippen molar-refractivity contribution in [3.63, 3.8) is 0 Å². The molecule has 1 aromatic rings. The first-order chi connectivity index (χ1) is 3.80. The van der Waals surface area contributed by atoms with Crippen molar-refractivity contribution in [3.8, 4) is 0 Å². The summed E-state index contributed by atoms with van der Waals surface area (Å²) in [6.07, 6.45) is -1.55. The van der Waals surface area contributed by atoms with E-state index in [1.54, 1.807) is 0 Å². The first-order valence-electron chi connectivity index (χ1n) is 1.63. The fourth-order valence-corrected chi connectivity index (χ4v) is 0.202. The maximum absolute atomic E-state index is 9.71. The predicted octanol–water partition coefficient (Wildman–Crippen LogP) is -5.74. The Morgan fingerprint density at radius 2 is 1.78 bits per heavy atom. The van der Waals surface area contributed by atoms with Gasteiger partial charge >= 0.3 is 68.9 Å². The number of carbonyl (C=O) groups is 1. The molecule has 0 unspecified atom stereocenters. The molecule has 0 fully saturated rings. The number of carboxylic acid groups (broad SMARTS) is 1. The molecule has 0 aromatic carbocycles. The van der Waals surface area contributed by atoms with E-state index in [-0.39, 0.29) is 73.7 Å². The van der Waals surface area contributed by atoms with Gasteiger partial charge in [-0.3, -0.25) is 0 Å². The molecule has 1 aromatic heterocycles. The van der Waals surface area contributed by atoms with Gasteiger partial charge in [-0.1, -0.05) is 4.80 Å². The topological polar surface area (TPSA) is 96.6 Å². The summed E-state index contributed by atoms with van der Waals surface area (Å²) in [6.45, 7) is 0. The molecule has 0 amide bonds. The predicted molar refractivity (Wildman–Crippen MR) is 16.4 cm³/mol. The first-order valence-corrected chi connectivity index (χ1v) is 1.63. The van der Waals surface area contributed by atoms with E-state index in [4.69, 9.17) is 0 Å². The minimum atomic E-state index is -1.55. The largest absolute Gasteiger partial charge is 1.00 e. The molecule has 1 heterocycles. The zero-order valence-corrected chi connectivity index (χ0v) is 10.8. The average Bonchev–Trinajstić information content (AvgIpc) is 2.12. The van der Waals surface area contributed by atoms with Crippen LogP contribution in [-0.2, 0) is 0 Å². The summed E-state index contributed by atoms with van der Waals surface area (Å²) in [5, 5.41) is 21.3. The molecule has 0 atom stereocenters. The van der Waals surface area contributed by atoms with E-state index in [1.165, 1.54) is 0 Å². The molecule has 0 N–H and O–H groups in total. The van der Waals surface area contributed by atoms with Crippen LogP contribution < -0.4 is 74.0 Å². The van der Waals surface area contributed by atoms with Crippen molar-refractivity contribution in [2.45, 2.75) is 0 Å². The first kappa shape index (κ1) is 9.52. The standard InChI is InChI=1S/CHN5O2.Cs/c7-1(8)6-4-2-3-5-6;/h(H,7,8);/q;+1/p-1. The van der Waals surface area contributed by atoms with Crippen LogP contribution in [0.1, 0.15) is 0 Å². The van der Waals surface area contributed by atoms with Crippen molar-refractivity contribution in [2.24, 2.45) is 0 Å². The summed E-state index contributed by atoms with van der Waals surface area (Å²) < 4.78 is 0. The Bertz CT molecular complexity index is 183. The molecule has 1 rings (SSSR count). The molecule has 0 radical (unpaired) electrons. The van der Waals surface area contributed by atoms with Crippen molar-refractivity contribution < 1.29 is 78.8 Å². The Morgan fingerprint density at radius 1 is 1.33 bits per heavy atom. The fraction of sp³-hybridized carbons (Fsp3) is 0. The summed E-state index contributed by atoms with van der Waals surface area (Å²) in [4.78, 5) is 9.96. The number of aromatic nitrogens is 5. The van der Waals surface area contributed by atoms with Crippen molar-refractivity contribution in [2.75, 3.05) is 0 Å². The molecule has 0 aliphatic rings. The van der Waals surface area contributed by atoms with Crippen LogP contribution in [0.2, 0.25) is 0 Å². The second-order valence-electron chi connectivity index (χ2n) is 0.913. The van der Waals surface area contributed by atoms with Crippen molar-refractivity contribution >= 4 is 6.09 Å². The Hall–Kier alpha value is 0.522. The van der Waals surface area contributed by atoms with Crippen LogP contribution in [0, 0.1) is 0 Å². The van der Waals surface area contributed by atoms with Crippen LogP contribution >= 0.6 is 0 Å². The van der Waals surface area contributed by atoms with E-state index in [0.29, 0.717) is 0 Å². The van der Waals surface area contributed by atoms with Gasteiger partial charge in [-0.2, -0.15) is 0 Å². The van der Waals surface area contributed by atoms with Gasteiger partial charge in [0.05, 0.1) is 0 Å². The Balaban J connectivity index is 0.000000640. The molecule has 7 nitrogen and oxygen atoms in total. The molecule has 9 heavy (non-hydrogen) atoms. The third-order valence-electron chi connectivity index (χ3n) is 0.453. The third kappa shape index (κ3) is 2.73. The van der Waals surface area contributed by atoms with Gasteiger partial charge in [0.2, 0.25) is 0 Å². The Morgan fingerprint density at radius 3 is 2.00 bits per heavy atom. The van der Waals surface area contributed by atoms with Gasteiger partial charge < -0.3 is 9.90 Å². The number of hydrogen-bond donors (Lipinski definition) is 0. The number of carbonyl (C=O) groups excluding carboxylic acids is 1. The van der Waals surface area contributed by atoms with Crippen molar-refractivity contribution in [1.29, 1.82) is 0 Å². The van der Waals surface area contributed by atoms with Gasteiger partial charge in [-0.05, 0) is 20.9 Å². The molecule has 0 bridgehead atoms. The van der Waals surface area contributed by atoms with Crippen LogP contribution in [0.25, 0.3) is 0 Å². The fourth-order valence-electron chi connectivity index (χ4n) is 0.202. The molecule has 0 aliphatic carbocycles. The number of nitrogens with zero attached hydrogens (tertiary/aromatic N) is 5. The summed E-state index contributed by atoms with van der Waals surface area (Å²) in [7, 11) is 0. The van der Waals surface area contributed by atoms with E-state index >= 15 is 0 Å². The summed E-state index contributed by atoms with van der Waals surface area (Å²) in [5.74, 6) is 0. The van der Waals surface area contributed by atoms with Crippen LogP contribution in [0.4, 0.5) is 4.79 Å². The Labute approximate surface area is 108 Å². The summed E-state index contributed by atoms with van der Waals surface area (Å²) >= 11 is 0. The monoisotopic (exact) mass is 247 g/mol. The second-order valence-corrected chi connectivity index (χ2v) is 0.913. The maximum Gasteiger partial charge on any atom is 1.00 e. The van der Waals surface area contributed by atoms with E-state index < -0.39 is 6.09 Å². The summed E-state index contributed by atoms with van der Waals surface area (Å²) in [6, 6.07) is 0. The molecule has 0 aliphatic heterocycles. The molecule has 0 spiro atoms. The van der Waals surface area contributed by atoms with Gasteiger partial charge in [0.15, 0.2) is 6.09 Å². The minimum absolute atomic E-state index is 0. The maximum atomic E-state index is 9.71. The molecule has 8 heteroatoms. The molecular weight excluding hydrogens is 247 g/mol. The van der Waals surface area contributed by atoms with E-state index in [1.807, 2.05) is 0 Å². The van der Waals surface area contributed by atoms with Crippen molar-refractivity contribution in [3.05, 3.63) is 0 Å². The van der Waals surface area contributed by atoms with Gasteiger partial charge in [-0.25, -0.2) is 0 Å². The average molecular weight is 247 g/mol. The van der Waals surface area contributed by atoms with Crippen LogP contribution in [0.5, 0.6) is 0 Å². The van der Waals surface area contributed by atoms with Gasteiger partial charge in [0.1, 0.15) is 0 Å². The number of hydrogen-bond acceptors (Lipinski definition) is 6. The van der Waals surface area contributed by atoms with Crippen LogP contribution in [-0.4, -0.2) is 31.7 Å². The zero-order valence-electron chi connectivity index (χ0n) is 4.55. The van der Waals surface area contributed by atoms with Gasteiger partial charge in [0.25, 0.3) is 0 Å². The third-order valence-corrected chi connectivity index (χ3v) is 0.453. The van der Waals surface area contributed by atoms with Crippen LogP contribution in [0.15, 0.2) is 0 Å². The van der Waals surface area contributed by atoms with E-state index in [9.17, 15) is 9.90 Å². The molecule has 0 saturated carbocycles. The second kappa shape index (κ2) is 4.36.